The largest absolute Gasteiger partial charge is 0.465 e. The number of esters is 1. The van der Waals surface area contributed by atoms with Crippen LogP contribution in [0.2, 0.25) is 0 Å². The molecule has 6 nitrogen and oxygen atoms in total. The molecule has 0 aliphatic rings. The molecule has 0 aliphatic carbocycles. The van der Waals surface area contributed by atoms with E-state index in [4.69, 9.17) is 5.73 Å². The number of nitrogens with two attached hydrogens (primary N) is 1. The topological polar surface area (TPSA) is 98.5 Å². The zero-order valence-electron chi connectivity index (χ0n) is 11.5. The third-order valence-electron chi connectivity index (χ3n) is 2.50. The molecule has 0 radical (unpaired) electrons. The van der Waals surface area contributed by atoms with Crippen LogP contribution in [0.1, 0.15) is 24.2 Å². The summed E-state index contributed by atoms with van der Waals surface area (Å²) in [5.74, 6) is -0.702. The van der Waals surface area contributed by atoms with Gasteiger partial charge in [0.15, 0.2) is 0 Å². The van der Waals surface area contributed by atoms with Crippen LogP contribution in [0.15, 0.2) is 29.2 Å². The molecule has 0 atom stereocenters. The van der Waals surface area contributed by atoms with Crippen LogP contribution in [-0.4, -0.2) is 33.6 Å². The number of nitrogens with one attached hydrogen (secondary N) is 1. The fourth-order valence-electron chi connectivity index (χ4n) is 1.44. The van der Waals surface area contributed by atoms with Crippen LogP contribution in [0.25, 0.3) is 0 Å². The van der Waals surface area contributed by atoms with Crippen LogP contribution in [0.3, 0.4) is 0 Å². The minimum absolute atomic E-state index is 0. The maximum Gasteiger partial charge on any atom is 0.339 e. The average Bonchev–Trinajstić information content (AvgIpc) is 2.36. The number of sulfonamides is 1. The zero-order chi connectivity index (χ0) is 14.7. The Bertz CT molecular complexity index is 573. The lowest BCUT2D eigenvalue weighted by molar-refractivity contribution is 0.0596. The van der Waals surface area contributed by atoms with Crippen LogP contribution >= 0.6 is 12.4 Å². The molecule has 0 bridgehead atoms. The summed E-state index contributed by atoms with van der Waals surface area (Å²) in [6.45, 7) is 3.45. The molecular weight excluding hydrogens is 304 g/mol. The Morgan fingerprint density at radius 1 is 1.35 bits per heavy atom. The van der Waals surface area contributed by atoms with Crippen molar-refractivity contribution < 1.29 is 17.9 Å². The first kappa shape index (κ1) is 18.9. The van der Waals surface area contributed by atoms with Gasteiger partial charge in [0.1, 0.15) is 0 Å². The van der Waals surface area contributed by atoms with Crippen LogP contribution in [0.4, 0.5) is 0 Å². The summed E-state index contributed by atoms with van der Waals surface area (Å²) in [6, 6.07) is 5.85. The van der Waals surface area contributed by atoms with Crippen molar-refractivity contribution in [2.24, 2.45) is 5.73 Å². The molecule has 1 aromatic carbocycles. The molecule has 0 saturated heterocycles. The molecule has 0 fully saturated rings. The third kappa shape index (κ3) is 4.45. The normalized spacial score (nSPS) is 11.6. The molecule has 0 saturated carbocycles. The smallest absolute Gasteiger partial charge is 0.339 e. The minimum Gasteiger partial charge on any atom is -0.465 e. The molecule has 1 aromatic rings. The monoisotopic (exact) mass is 322 g/mol. The number of hydrogen-bond donors (Lipinski definition) is 2. The van der Waals surface area contributed by atoms with Crippen molar-refractivity contribution in [2.75, 3.05) is 13.7 Å². The number of carbonyl (C=O) groups excluding carboxylic acids is 1. The van der Waals surface area contributed by atoms with Gasteiger partial charge < -0.3 is 10.5 Å². The van der Waals surface area contributed by atoms with E-state index in [9.17, 15) is 13.2 Å². The second-order valence-electron chi connectivity index (χ2n) is 4.68. The highest BCUT2D eigenvalue weighted by atomic mass is 35.5. The maximum atomic E-state index is 12.3. The summed E-state index contributed by atoms with van der Waals surface area (Å²) < 4.78 is 31.6. The molecule has 3 N–H and O–H groups in total. The van der Waals surface area contributed by atoms with Gasteiger partial charge in [-0.1, -0.05) is 12.1 Å². The molecule has 0 amide bonds. The summed E-state index contributed by atoms with van der Waals surface area (Å²) in [5, 5.41) is 0. The van der Waals surface area contributed by atoms with Gasteiger partial charge in [-0.25, -0.2) is 17.9 Å². The Labute approximate surface area is 125 Å². The van der Waals surface area contributed by atoms with Gasteiger partial charge in [0.05, 0.1) is 17.6 Å². The van der Waals surface area contributed by atoms with Crippen molar-refractivity contribution in [3.63, 3.8) is 0 Å². The molecule has 0 aliphatic heterocycles. The Balaban J connectivity index is 0.00000361. The molecule has 0 spiro atoms. The number of halogens is 1. The first-order valence-corrected chi connectivity index (χ1v) is 7.13. The number of carbonyl (C=O) groups is 1. The SMILES string of the molecule is COC(=O)c1ccccc1S(=O)(=O)NC(C)(C)CN.Cl. The van der Waals surface area contributed by atoms with Crippen molar-refractivity contribution in [3.8, 4) is 0 Å². The third-order valence-corrected chi connectivity index (χ3v) is 4.26. The van der Waals surface area contributed by atoms with E-state index in [2.05, 4.69) is 9.46 Å². The first-order chi connectivity index (χ1) is 8.73. The number of methoxy groups -OCH3 is 1. The Kier molecular flexibility index (Phi) is 6.63. The standard InChI is InChI=1S/C12H18N2O4S.ClH/c1-12(2,8-13)14-19(16,17)10-7-5-4-6-9(10)11(15)18-3;/h4-7,14H,8,13H2,1-3H3;1H. The Morgan fingerprint density at radius 2 is 1.90 bits per heavy atom. The average molecular weight is 323 g/mol. The number of rotatable bonds is 5. The summed E-state index contributed by atoms with van der Waals surface area (Å²) >= 11 is 0. The van der Waals surface area contributed by atoms with E-state index >= 15 is 0 Å². The van der Waals surface area contributed by atoms with E-state index in [-0.39, 0.29) is 29.4 Å². The Hall–Kier alpha value is -1.15. The zero-order valence-corrected chi connectivity index (χ0v) is 13.2. The molecule has 8 heteroatoms. The van der Waals surface area contributed by atoms with Gasteiger partial charge in [0.2, 0.25) is 10.0 Å². The lowest BCUT2D eigenvalue weighted by Gasteiger charge is -2.24. The summed E-state index contributed by atoms with van der Waals surface area (Å²) in [4.78, 5) is 11.5. The maximum absolute atomic E-state index is 12.3. The molecule has 0 unspecified atom stereocenters. The number of ether oxygens (including phenoxy) is 1. The molecule has 0 aromatic heterocycles. The highest BCUT2D eigenvalue weighted by Gasteiger charge is 2.28. The first-order valence-electron chi connectivity index (χ1n) is 5.65. The second kappa shape index (κ2) is 7.03. The lowest BCUT2D eigenvalue weighted by atomic mass is 10.1. The van der Waals surface area contributed by atoms with Gasteiger partial charge in [0, 0.05) is 12.1 Å². The molecular formula is C12H19ClN2O4S. The predicted octanol–water partition coefficient (Wildman–Crippen LogP) is 0.911. The molecule has 20 heavy (non-hydrogen) atoms. The van der Waals surface area contributed by atoms with Crippen LogP contribution in [-0.2, 0) is 14.8 Å². The van der Waals surface area contributed by atoms with Crippen molar-refractivity contribution in [1.29, 1.82) is 0 Å². The lowest BCUT2D eigenvalue weighted by Crippen LogP contribution is -2.48. The summed E-state index contributed by atoms with van der Waals surface area (Å²) in [5.41, 5.74) is 4.68. The van der Waals surface area contributed by atoms with Crippen molar-refractivity contribution in [3.05, 3.63) is 29.8 Å². The molecule has 0 heterocycles. The van der Waals surface area contributed by atoms with E-state index in [1.54, 1.807) is 19.9 Å². The van der Waals surface area contributed by atoms with Gasteiger partial charge in [-0.15, -0.1) is 12.4 Å². The quantitative estimate of drug-likeness (QED) is 0.785. The fraction of sp³-hybridized carbons (Fsp3) is 0.417. The highest BCUT2D eigenvalue weighted by Crippen LogP contribution is 2.18. The van der Waals surface area contributed by atoms with Gasteiger partial charge in [-0.2, -0.15) is 0 Å². The Morgan fingerprint density at radius 3 is 2.40 bits per heavy atom. The van der Waals surface area contributed by atoms with Crippen molar-refractivity contribution in [1.82, 2.24) is 4.72 Å². The van der Waals surface area contributed by atoms with Gasteiger partial charge in [-0.05, 0) is 26.0 Å². The number of hydrogen-bond acceptors (Lipinski definition) is 5. The van der Waals surface area contributed by atoms with E-state index in [0.717, 1.165) is 0 Å². The fourth-order valence-corrected chi connectivity index (χ4v) is 3.06. The minimum atomic E-state index is -3.85. The van der Waals surface area contributed by atoms with Crippen LogP contribution in [0, 0.1) is 0 Å². The van der Waals surface area contributed by atoms with E-state index in [1.807, 2.05) is 0 Å². The predicted molar refractivity (Wildman–Crippen MR) is 78.5 cm³/mol. The van der Waals surface area contributed by atoms with Crippen LogP contribution in [0.5, 0.6) is 0 Å². The van der Waals surface area contributed by atoms with Crippen molar-refractivity contribution >= 4 is 28.4 Å². The molecule has 114 valence electrons. The molecule has 1 rings (SSSR count). The highest BCUT2D eigenvalue weighted by molar-refractivity contribution is 7.89. The van der Waals surface area contributed by atoms with E-state index in [0.29, 0.717) is 0 Å². The number of benzene rings is 1. The van der Waals surface area contributed by atoms with Gasteiger partial charge >= 0.3 is 5.97 Å². The summed E-state index contributed by atoms with van der Waals surface area (Å²) in [6.07, 6.45) is 0. The van der Waals surface area contributed by atoms with Crippen LogP contribution < -0.4 is 10.5 Å². The van der Waals surface area contributed by atoms with Crippen molar-refractivity contribution in [2.45, 2.75) is 24.3 Å². The second-order valence-corrected chi connectivity index (χ2v) is 6.33. The summed E-state index contributed by atoms with van der Waals surface area (Å²) in [7, 11) is -2.65. The van der Waals surface area contributed by atoms with E-state index in [1.165, 1.54) is 25.3 Å². The van der Waals surface area contributed by atoms with Gasteiger partial charge in [0.25, 0.3) is 0 Å². The van der Waals surface area contributed by atoms with E-state index < -0.39 is 21.5 Å². The van der Waals surface area contributed by atoms with Gasteiger partial charge in [-0.3, -0.25) is 0 Å².